The molecule has 9 heteroatoms. The maximum atomic E-state index is 12.1. The van der Waals surface area contributed by atoms with Crippen LogP contribution < -0.4 is 9.47 Å². The van der Waals surface area contributed by atoms with E-state index in [1.54, 1.807) is 31.2 Å². The van der Waals surface area contributed by atoms with Gasteiger partial charge in [0.05, 0.1) is 12.0 Å². The Morgan fingerprint density at radius 3 is 2.72 bits per heavy atom. The predicted molar refractivity (Wildman–Crippen MR) is 103 cm³/mol. The van der Waals surface area contributed by atoms with Crippen LogP contribution in [0.15, 0.2) is 53.2 Å². The first-order valence-corrected chi connectivity index (χ1v) is 8.57. The summed E-state index contributed by atoms with van der Waals surface area (Å²) in [4.78, 5) is 38.1. The van der Waals surface area contributed by atoms with Gasteiger partial charge in [-0.1, -0.05) is 19.1 Å². The molecule has 2 aromatic rings. The molecular weight excluding hydrogens is 380 g/mol. The van der Waals surface area contributed by atoms with Gasteiger partial charge in [-0.05, 0) is 29.8 Å². The monoisotopic (exact) mass is 396 g/mol. The fourth-order valence-corrected chi connectivity index (χ4v) is 2.50. The SMILES string of the molecule is CCC(=O)Oc1ccc(/C=C2\N=C(c3cccc([N+](=O)[O-])c3)OC2=O)cc1OC. The van der Waals surface area contributed by atoms with Crippen LogP contribution in [0.3, 0.4) is 0 Å². The number of nitro groups is 1. The summed E-state index contributed by atoms with van der Waals surface area (Å²) in [6.45, 7) is 1.68. The van der Waals surface area contributed by atoms with Crippen molar-refractivity contribution in [2.75, 3.05) is 7.11 Å². The second kappa shape index (κ2) is 8.34. The number of benzene rings is 2. The average Bonchev–Trinajstić information content (AvgIpc) is 3.09. The summed E-state index contributed by atoms with van der Waals surface area (Å²) in [6.07, 6.45) is 1.69. The van der Waals surface area contributed by atoms with Crippen molar-refractivity contribution in [3.8, 4) is 11.5 Å². The van der Waals surface area contributed by atoms with Crippen molar-refractivity contribution in [2.24, 2.45) is 4.99 Å². The van der Waals surface area contributed by atoms with E-state index < -0.39 is 16.9 Å². The fourth-order valence-electron chi connectivity index (χ4n) is 2.50. The van der Waals surface area contributed by atoms with Crippen LogP contribution in [-0.4, -0.2) is 29.9 Å². The number of non-ortho nitro benzene ring substituents is 1. The molecule has 0 amide bonds. The van der Waals surface area contributed by atoms with Gasteiger partial charge in [0.15, 0.2) is 17.2 Å². The molecule has 3 rings (SSSR count). The summed E-state index contributed by atoms with van der Waals surface area (Å²) in [7, 11) is 1.43. The highest BCUT2D eigenvalue weighted by Gasteiger charge is 2.25. The Morgan fingerprint density at radius 1 is 1.24 bits per heavy atom. The van der Waals surface area contributed by atoms with E-state index in [1.165, 1.54) is 31.4 Å². The molecule has 1 aliphatic rings. The van der Waals surface area contributed by atoms with Gasteiger partial charge in [-0.2, -0.15) is 0 Å². The van der Waals surface area contributed by atoms with Crippen LogP contribution in [-0.2, 0) is 14.3 Å². The third-order valence-electron chi connectivity index (χ3n) is 3.93. The number of aliphatic imine (C=N–C) groups is 1. The molecule has 29 heavy (non-hydrogen) atoms. The van der Waals surface area contributed by atoms with Crippen molar-refractivity contribution in [1.29, 1.82) is 0 Å². The zero-order valence-corrected chi connectivity index (χ0v) is 15.6. The number of hydrogen-bond donors (Lipinski definition) is 0. The van der Waals surface area contributed by atoms with E-state index >= 15 is 0 Å². The van der Waals surface area contributed by atoms with Crippen molar-refractivity contribution in [3.05, 3.63) is 69.4 Å². The van der Waals surface area contributed by atoms with E-state index in [9.17, 15) is 19.7 Å². The standard InChI is InChI=1S/C20H16N2O7/c1-3-18(23)28-16-8-7-12(10-17(16)27-2)9-15-20(24)29-19(21-15)13-5-4-6-14(11-13)22(25)26/h4-11H,3H2,1-2H3/b15-9-. The van der Waals surface area contributed by atoms with Gasteiger partial charge in [-0.3, -0.25) is 14.9 Å². The number of nitrogens with zero attached hydrogens (tertiary/aromatic N) is 2. The molecule has 0 aromatic heterocycles. The summed E-state index contributed by atoms with van der Waals surface area (Å²) in [5.74, 6) is -0.538. The molecule has 0 N–H and O–H groups in total. The third kappa shape index (κ3) is 4.46. The van der Waals surface area contributed by atoms with Crippen LogP contribution in [0.5, 0.6) is 11.5 Å². The van der Waals surface area contributed by atoms with E-state index in [2.05, 4.69) is 4.99 Å². The predicted octanol–water partition coefficient (Wildman–Crippen LogP) is 3.26. The van der Waals surface area contributed by atoms with Gasteiger partial charge < -0.3 is 14.2 Å². The molecular formula is C20H16N2O7. The molecule has 2 aromatic carbocycles. The highest BCUT2D eigenvalue weighted by atomic mass is 16.6. The summed E-state index contributed by atoms with van der Waals surface area (Å²) in [5, 5.41) is 10.9. The van der Waals surface area contributed by atoms with E-state index in [-0.39, 0.29) is 29.5 Å². The van der Waals surface area contributed by atoms with E-state index in [4.69, 9.17) is 14.2 Å². The minimum absolute atomic E-state index is 0.0202. The number of ether oxygens (including phenoxy) is 3. The van der Waals surface area contributed by atoms with Crippen LogP contribution >= 0.6 is 0 Å². The molecule has 0 radical (unpaired) electrons. The second-order valence-electron chi connectivity index (χ2n) is 5.88. The van der Waals surface area contributed by atoms with Gasteiger partial charge in [-0.25, -0.2) is 9.79 Å². The Balaban J connectivity index is 1.90. The maximum absolute atomic E-state index is 12.1. The molecule has 0 saturated carbocycles. The number of cyclic esters (lactones) is 1. The summed E-state index contributed by atoms with van der Waals surface area (Å²) >= 11 is 0. The van der Waals surface area contributed by atoms with E-state index in [1.807, 2.05) is 0 Å². The van der Waals surface area contributed by atoms with Gasteiger partial charge in [0.2, 0.25) is 5.90 Å². The number of esters is 2. The van der Waals surface area contributed by atoms with Crippen molar-refractivity contribution in [1.82, 2.24) is 0 Å². The quantitative estimate of drug-likeness (QED) is 0.242. The lowest BCUT2D eigenvalue weighted by molar-refractivity contribution is -0.384. The Morgan fingerprint density at radius 2 is 2.03 bits per heavy atom. The third-order valence-corrected chi connectivity index (χ3v) is 3.93. The number of carbonyl (C=O) groups is 2. The number of carbonyl (C=O) groups excluding carboxylic acids is 2. The van der Waals surface area contributed by atoms with Gasteiger partial charge in [0.1, 0.15) is 0 Å². The lowest BCUT2D eigenvalue weighted by atomic mass is 10.1. The normalized spacial score (nSPS) is 14.3. The average molecular weight is 396 g/mol. The highest BCUT2D eigenvalue weighted by Crippen LogP contribution is 2.30. The van der Waals surface area contributed by atoms with E-state index in [0.717, 1.165) is 0 Å². The topological polar surface area (TPSA) is 117 Å². The van der Waals surface area contributed by atoms with E-state index in [0.29, 0.717) is 16.9 Å². The largest absolute Gasteiger partial charge is 0.493 e. The summed E-state index contributed by atoms with van der Waals surface area (Å²) in [5.41, 5.74) is 0.761. The van der Waals surface area contributed by atoms with Crippen LogP contribution in [0, 0.1) is 10.1 Å². The van der Waals surface area contributed by atoms with Crippen molar-refractivity contribution >= 4 is 29.6 Å². The fraction of sp³-hybridized carbons (Fsp3) is 0.150. The molecule has 9 nitrogen and oxygen atoms in total. The van der Waals surface area contributed by atoms with Crippen molar-refractivity contribution in [2.45, 2.75) is 13.3 Å². The van der Waals surface area contributed by atoms with Gasteiger partial charge in [0.25, 0.3) is 5.69 Å². The van der Waals surface area contributed by atoms with Gasteiger partial charge in [-0.15, -0.1) is 0 Å². The molecule has 0 aliphatic carbocycles. The molecule has 0 fully saturated rings. The van der Waals surface area contributed by atoms with Crippen molar-refractivity contribution in [3.63, 3.8) is 0 Å². The Bertz CT molecular complexity index is 1060. The molecule has 148 valence electrons. The van der Waals surface area contributed by atoms with Gasteiger partial charge in [0, 0.05) is 24.1 Å². The lowest BCUT2D eigenvalue weighted by Gasteiger charge is -2.09. The Labute approximate surface area is 165 Å². The summed E-state index contributed by atoms with van der Waals surface area (Å²) < 4.78 is 15.5. The number of rotatable bonds is 6. The maximum Gasteiger partial charge on any atom is 0.363 e. The van der Waals surface area contributed by atoms with Crippen molar-refractivity contribution < 1.29 is 28.7 Å². The zero-order chi connectivity index (χ0) is 21.0. The molecule has 0 saturated heterocycles. The second-order valence-corrected chi connectivity index (χ2v) is 5.88. The molecule has 0 unspecified atom stereocenters. The minimum Gasteiger partial charge on any atom is -0.493 e. The smallest absolute Gasteiger partial charge is 0.363 e. The number of hydrogen-bond acceptors (Lipinski definition) is 8. The minimum atomic E-state index is -0.688. The molecule has 0 spiro atoms. The first-order valence-electron chi connectivity index (χ1n) is 8.57. The van der Waals surface area contributed by atoms with Crippen LogP contribution in [0.4, 0.5) is 5.69 Å². The summed E-state index contributed by atoms with van der Waals surface area (Å²) in [6, 6.07) is 10.4. The number of methoxy groups -OCH3 is 1. The van der Waals surface area contributed by atoms with Crippen LogP contribution in [0.2, 0.25) is 0 Å². The van der Waals surface area contributed by atoms with Crippen LogP contribution in [0.25, 0.3) is 6.08 Å². The lowest BCUT2D eigenvalue weighted by Crippen LogP contribution is -2.06. The van der Waals surface area contributed by atoms with Crippen LogP contribution in [0.1, 0.15) is 24.5 Å². The Kier molecular flexibility index (Phi) is 5.68. The number of nitro benzene ring substituents is 1. The first-order chi connectivity index (χ1) is 13.9. The molecule has 0 bridgehead atoms. The zero-order valence-electron chi connectivity index (χ0n) is 15.6. The molecule has 0 atom stereocenters. The highest BCUT2D eigenvalue weighted by molar-refractivity contribution is 6.13. The molecule has 1 aliphatic heterocycles. The molecule has 1 heterocycles. The first kappa shape index (κ1) is 19.7. The Hall–Kier alpha value is -4.01. The van der Waals surface area contributed by atoms with Gasteiger partial charge >= 0.3 is 11.9 Å².